The summed E-state index contributed by atoms with van der Waals surface area (Å²) in [6, 6.07) is 13.1. The first-order valence-corrected chi connectivity index (χ1v) is 8.90. The lowest BCUT2D eigenvalue weighted by Gasteiger charge is -2.08. The van der Waals surface area contributed by atoms with Crippen molar-refractivity contribution in [3.8, 4) is 11.3 Å². The van der Waals surface area contributed by atoms with Crippen LogP contribution in [0.15, 0.2) is 47.5 Å². The van der Waals surface area contributed by atoms with Gasteiger partial charge in [0.25, 0.3) is 0 Å². The Hall–Kier alpha value is -1.68. The second-order valence-electron chi connectivity index (χ2n) is 4.93. The van der Waals surface area contributed by atoms with Gasteiger partial charge in [0.2, 0.25) is 0 Å². The van der Waals surface area contributed by atoms with Crippen LogP contribution in [0.2, 0.25) is 0 Å². The van der Waals surface area contributed by atoms with Crippen molar-refractivity contribution in [2.45, 2.75) is 43.9 Å². The molecule has 1 fully saturated rings. The maximum Gasteiger partial charge on any atom is 0.198 e. The van der Waals surface area contributed by atoms with Crippen molar-refractivity contribution >= 4 is 9.84 Å². The van der Waals surface area contributed by atoms with Crippen molar-refractivity contribution in [1.29, 1.82) is 0 Å². The summed E-state index contributed by atoms with van der Waals surface area (Å²) in [4.78, 5) is 4.39. The van der Waals surface area contributed by atoms with Gasteiger partial charge in [0.15, 0.2) is 14.9 Å². The van der Waals surface area contributed by atoms with Gasteiger partial charge in [-0.3, -0.25) is 0 Å². The summed E-state index contributed by atoms with van der Waals surface area (Å²) >= 11 is 0. The lowest BCUT2D eigenvalue weighted by Crippen LogP contribution is -2.10. The molecule has 0 amide bonds. The highest BCUT2D eigenvalue weighted by atomic mass is 32.2. The molecular weight excluding hydrogens is 282 g/mol. The summed E-state index contributed by atoms with van der Waals surface area (Å²) in [5.74, 6) is 0. The van der Waals surface area contributed by atoms with Gasteiger partial charge in [-0.2, -0.15) is 0 Å². The molecule has 0 atom stereocenters. The number of nitrogens with zero attached hydrogens (tertiary/aromatic N) is 1. The van der Waals surface area contributed by atoms with Crippen LogP contribution in [-0.4, -0.2) is 18.7 Å². The first-order valence-electron chi connectivity index (χ1n) is 7.36. The average molecular weight is 303 g/mol. The molecule has 4 heteroatoms. The number of pyridine rings is 1. The van der Waals surface area contributed by atoms with Crippen LogP contribution in [0.5, 0.6) is 0 Å². The highest BCUT2D eigenvalue weighted by Crippen LogP contribution is 2.33. The number of benzene rings is 1. The van der Waals surface area contributed by atoms with Gasteiger partial charge in [-0.25, -0.2) is 13.4 Å². The summed E-state index contributed by atoms with van der Waals surface area (Å²) in [5.41, 5.74) is 2.69. The average Bonchev–Trinajstić information content (AvgIpc) is 3.35. The van der Waals surface area contributed by atoms with E-state index in [1.807, 2.05) is 57.2 Å². The lowest BCUT2D eigenvalue weighted by molar-refractivity contribution is 0.591. The van der Waals surface area contributed by atoms with Crippen molar-refractivity contribution in [2.75, 3.05) is 0 Å². The minimum absolute atomic E-state index is 0.208. The van der Waals surface area contributed by atoms with E-state index in [4.69, 9.17) is 0 Å². The third-order valence-corrected chi connectivity index (χ3v) is 5.53. The van der Waals surface area contributed by atoms with E-state index in [9.17, 15) is 8.42 Å². The standard InChI is InChI=1S/C15H15NO2S.C2H6/c1-11-7-10-14(19(17,18)13-8-9-13)16-15(11)12-5-3-2-4-6-12;1-2/h2-7,10,13H,8-9H2,1H3;1-2H3. The molecule has 0 spiro atoms. The van der Waals surface area contributed by atoms with Crippen molar-refractivity contribution in [3.63, 3.8) is 0 Å². The Morgan fingerprint density at radius 2 is 1.62 bits per heavy atom. The molecular formula is C17H21NO2S. The van der Waals surface area contributed by atoms with Gasteiger partial charge >= 0.3 is 0 Å². The maximum absolute atomic E-state index is 12.2. The first-order chi connectivity index (χ1) is 10.1. The van der Waals surface area contributed by atoms with Crippen LogP contribution >= 0.6 is 0 Å². The molecule has 0 aliphatic heterocycles. The summed E-state index contributed by atoms with van der Waals surface area (Å²) in [6.07, 6.45) is 1.52. The molecule has 1 aromatic heterocycles. The van der Waals surface area contributed by atoms with Crippen molar-refractivity contribution < 1.29 is 8.42 Å². The monoisotopic (exact) mass is 303 g/mol. The molecule has 3 rings (SSSR count). The molecule has 0 radical (unpaired) electrons. The number of hydrogen-bond acceptors (Lipinski definition) is 3. The first kappa shape index (κ1) is 15.7. The minimum Gasteiger partial charge on any atom is -0.236 e. The molecule has 21 heavy (non-hydrogen) atoms. The molecule has 1 aliphatic carbocycles. The third kappa shape index (κ3) is 3.32. The van der Waals surface area contributed by atoms with E-state index in [1.165, 1.54) is 0 Å². The number of aromatic nitrogens is 1. The normalized spacial score (nSPS) is 14.2. The highest BCUT2D eigenvalue weighted by molar-refractivity contribution is 7.92. The number of sulfone groups is 1. The van der Waals surface area contributed by atoms with Crippen LogP contribution in [0.4, 0.5) is 0 Å². The molecule has 1 aromatic carbocycles. The molecule has 0 bridgehead atoms. The van der Waals surface area contributed by atoms with Gasteiger partial charge < -0.3 is 0 Å². The second kappa shape index (κ2) is 6.39. The van der Waals surface area contributed by atoms with Crippen molar-refractivity contribution in [1.82, 2.24) is 4.98 Å². The van der Waals surface area contributed by atoms with E-state index >= 15 is 0 Å². The van der Waals surface area contributed by atoms with Crippen LogP contribution in [0, 0.1) is 6.92 Å². The van der Waals surface area contributed by atoms with Crippen molar-refractivity contribution in [3.05, 3.63) is 48.0 Å². The Labute approximate surface area is 127 Å². The molecule has 112 valence electrons. The summed E-state index contributed by atoms with van der Waals surface area (Å²) in [7, 11) is -3.22. The molecule has 3 nitrogen and oxygen atoms in total. The Morgan fingerprint density at radius 3 is 2.19 bits per heavy atom. The quantitative estimate of drug-likeness (QED) is 0.860. The van der Waals surface area contributed by atoms with Crippen molar-refractivity contribution in [2.24, 2.45) is 0 Å². The summed E-state index contributed by atoms with van der Waals surface area (Å²) in [6.45, 7) is 5.95. The molecule has 0 saturated heterocycles. The van der Waals surface area contributed by atoms with E-state index < -0.39 is 9.84 Å². The zero-order valence-corrected chi connectivity index (χ0v) is 13.5. The fourth-order valence-corrected chi connectivity index (χ4v) is 3.68. The number of aryl methyl sites for hydroxylation is 1. The number of hydrogen-bond donors (Lipinski definition) is 0. The van der Waals surface area contributed by atoms with Gasteiger partial charge in [-0.15, -0.1) is 0 Å². The number of rotatable bonds is 3. The fraction of sp³-hybridized carbons (Fsp3) is 0.353. The predicted octanol–water partition coefficient (Wildman–Crippen LogP) is 4.02. The smallest absolute Gasteiger partial charge is 0.198 e. The maximum atomic E-state index is 12.2. The Bertz CT molecular complexity index is 705. The van der Waals surface area contributed by atoms with Gasteiger partial charge in [-0.05, 0) is 31.4 Å². The molecule has 0 unspecified atom stereocenters. The van der Waals surface area contributed by atoms with Crippen LogP contribution < -0.4 is 0 Å². The van der Waals surface area contributed by atoms with Crippen LogP contribution in [0.3, 0.4) is 0 Å². The van der Waals surface area contributed by atoms with E-state index in [1.54, 1.807) is 6.07 Å². The largest absolute Gasteiger partial charge is 0.236 e. The van der Waals surface area contributed by atoms with Crippen LogP contribution in [0.1, 0.15) is 32.3 Å². The SMILES string of the molecule is CC.Cc1ccc(S(=O)(=O)C2CC2)nc1-c1ccccc1. The Balaban J connectivity index is 0.000000774. The van der Waals surface area contributed by atoms with Gasteiger partial charge in [0, 0.05) is 5.56 Å². The summed E-state index contributed by atoms with van der Waals surface area (Å²) in [5, 5.41) is -0.00853. The zero-order chi connectivity index (χ0) is 15.5. The second-order valence-corrected chi connectivity index (χ2v) is 7.10. The minimum atomic E-state index is -3.22. The van der Waals surface area contributed by atoms with Crippen LogP contribution in [-0.2, 0) is 9.84 Å². The van der Waals surface area contributed by atoms with Gasteiger partial charge in [0.05, 0.1) is 10.9 Å². The van der Waals surface area contributed by atoms with Gasteiger partial charge in [-0.1, -0.05) is 50.2 Å². The Morgan fingerprint density at radius 1 is 1.00 bits per heavy atom. The topological polar surface area (TPSA) is 47.0 Å². The van der Waals surface area contributed by atoms with E-state index in [2.05, 4.69) is 4.98 Å². The molecule has 1 saturated carbocycles. The van der Waals surface area contributed by atoms with E-state index in [0.717, 1.165) is 29.7 Å². The lowest BCUT2D eigenvalue weighted by atomic mass is 10.1. The Kier molecular flexibility index (Phi) is 4.78. The predicted molar refractivity (Wildman–Crippen MR) is 86.0 cm³/mol. The van der Waals surface area contributed by atoms with Gasteiger partial charge in [0.1, 0.15) is 0 Å². The molecule has 2 aromatic rings. The highest BCUT2D eigenvalue weighted by Gasteiger charge is 2.38. The summed E-state index contributed by atoms with van der Waals surface area (Å²) < 4.78 is 24.5. The molecule has 0 N–H and O–H groups in total. The molecule has 1 aliphatic rings. The van der Waals surface area contributed by atoms with E-state index in [0.29, 0.717) is 0 Å². The zero-order valence-electron chi connectivity index (χ0n) is 12.7. The third-order valence-electron chi connectivity index (χ3n) is 3.37. The fourth-order valence-electron chi connectivity index (χ4n) is 2.11. The molecule has 1 heterocycles. The van der Waals surface area contributed by atoms with E-state index in [-0.39, 0.29) is 10.3 Å². The van der Waals surface area contributed by atoms with Crippen LogP contribution in [0.25, 0.3) is 11.3 Å².